The molecule has 2 N–H and O–H groups in total. The Balaban J connectivity index is 1.74. The van der Waals surface area contributed by atoms with Crippen LogP contribution in [0.3, 0.4) is 0 Å². The second kappa shape index (κ2) is 12.3. The molecule has 0 aliphatic heterocycles. The van der Waals surface area contributed by atoms with Crippen molar-refractivity contribution in [2.45, 2.75) is 58.8 Å². The molecule has 0 unspecified atom stereocenters. The van der Waals surface area contributed by atoms with Crippen molar-refractivity contribution in [3.05, 3.63) is 59.9 Å². The Morgan fingerprint density at radius 2 is 1.69 bits per heavy atom. The van der Waals surface area contributed by atoms with Crippen LogP contribution in [0.15, 0.2) is 48.7 Å². The standard InChI is InChI=1S/C29H40N6O4/c1-28(2,3)38-26(36)32-23(20-13-10-9-11-14-20)19-34(7)16-12-15-22-25-21(18-30-35(25)8)17-24(31-22)33-27(37)39-29(4,5)6/h9-15,17-18,23H,16,19H2,1-8H3,(H,32,36)(H,31,33,37)/t23-/m1/s1. The van der Waals surface area contributed by atoms with E-state index in [1.807, 2.05) is 77.4 Å². The molecule has 1 atom stereocenters. The van der Waals surface area contributed by atoms with Crippen LogP contribution in [-0.2, 0) is 16.5 Å². The van der Waals surface area contributed by atoms with Gasteiger partial charge in [0, 0.05) is 25.5 Å². The van der Waals surface area contributed by atoms with Gasteiger partial charge in [0.05, 0.1) is 23.4 Å². The third-order valence-corrected chi connectivity index (χ3v) is 5.45. The molecule has 3 rings (SSSR count). The van der Waals surface area contributed by atoms with Gasteiger partial charge in [-0.3, -0.25) is 10.00 Å². The van der Waals surface area contributed by atoms with E-state index in [2.05, 4.69) is 25.6 Å². The molecule has 39 heavy (non-hydrogen) atoms. The second-order valence-corrected chi connectivity index (χ2v) is 11.5. The topological polar surface area (TPSA) is 111 Å². The van der Waals surface area contributed by atoms with Gasteiger partial charge in [0.25, 0.3) is 0 Å². The average molecular weight is 537 g/mol. The Labute approximate surface area is 230 Å². The number of alkyl carbamates (subject to hydrolysis) is 1. The molecule has 0 saturated heterocycles. The van der Waals surface area contributed by atoms with Crippen LogP contribution in [0.1, 0.15) is 58.8 Å². The van der Waals surface area contributed by atoms with Gasteiger partial charge in [-0.2, -0.15) is 5.10 Å². The second-order valence-electron chi connectivity index (χ2n) is 11.5. The van der Waals surface area contributed by atoms with Gasteiger partial charge in [-0.1, -0.05) is 36.4 Å². The number of rotatable bonds is 8. The van der Waals surface area contributed by atoms with Crippen molar-refractivity contribution < 1.29 is 19.1 Å². The van der Waals surface area contributed by atoms with E-state index in [0.717, 1.165) is 16.5 Å². The van der Waals surface area contributed by atoms with Crippen LogP contribution in [0.2, 0.25) is 0 Å². The van der Waals surface area contributed by atoms with E-state index < -0.39 is 23.4 Å². The molecule has 10 nitrogen and oxygen atoms in total. The number of pyridine rings is 1. The van der Waals surface area contributed by atoms with Crippen molar-refractivity contribution in [2.75, 3.05) is 25.5 Å². The summed E-state index contributed by atoms with van der Waals surface area (Å²) in [5.41, 5.74) is 1.29. The number of hydrogen-bond donors (Lipinski definition) is 2. The van der Waals surface area contributed by atoms with Crippen LogP contribution < -0.4 is 10.6 Å². The molecule has 0 radical (unpaired) electrons. The van der Waals surface area contributed by atoms with Crippen LogP contribution >= 0.6 is 0 Å². The number of nitrogens with one attached hydrogen (secondary N) is 2. The zero-order valence-corrected chi connectivity index (χ0v) is 24.1. The number of aryl methyl sites for hydroxylation is 1. The number of carbonyl (C=O) groups is 2. The predicted molar refractivity (Wildman–Crippen MR) is 153 cm³/mol. The minimum absolute atomic E-state index is 0.261. The lowest BCUT2D eigenvalue weighted by molar-refractivity contribution is 0.0494. The number of anilines is 1. The summed E-state index contributed by atoms with van der Waals surface area (Å²) in [7, 11) is 3.83. The number of likely N-dealkylation sites (N-methyl/N-ethyl adjacent to an activating group) is 1. The number of nitrogens with zero attached hydrogens (tertiary/aromatic N) is 4. The van der Waals surface area contributed by atoms with E-state index in [-0.39, 0.29) is 6.04 Å². The van der Waals surface area contributed by atoms with Gasteiger partial charge in [-0.05, 0) is 66.3 Å². The van der Waals surface area contributed by atoms with Crippen molar-refractivity contribution in [2.24, 2.45) is 7.05 Å². The normalized spacial score (nSPS) is 13.1. The van der Waals surface area contributed by atoms with Gasteiger partial charge < -0.3 is 19.7 Å². The molecule has 2 amide bonds. The summed E-state index contributed by atoms with van der Waals surface area (Å²) in [6.07, 6.45) is 4.59. The first-order valence-corrected chi connectivity index (χ1v) is 12.9. The van der Waals surface area contributed by atoms with Crippen molar-refractivity contribution >= 4 is 35.0 Å². The SMILES string of the molecule is CN(CC=Cc1nc(NC(=O)OC(C)(C)C)cc2cnn(C)c12)C[C@@H](NC(=O)OC(C)(C)C)c1ccccc1. The quantitative estimate of drug-likeness (QED) is 0.390. The van der Waals surface area contributed by atoms with Gasteiger partial charge >= 0.3 is 12.2 Å². The van der Waals surface area contributed by atoms with Crippen molar-refractivity contribution in [1.29, 1.82) is 0 Å². The number of carbonyl (C=O) groups excluding carboxylic acids is 2. The molecule has 0 aliphatic rings. The number of ether oxygens (including phenoxy) is 2. The molecule has 10 heteroatoms. The summed E-state index contributed by atoms with van der Waals surface area (Å²) >= 11 is 0. The molecule has 0 aliphatic carbocycles. The van der Waals surface area contributed by atoms with Gasteiger partial charge in [0.1, 0.15) is 17.0 Å². The van der Waals surface area contributed by atoms with Crippen LogP contribution in [0.5, 0.6) is 0 Å². The highest BCUT2D eigenvalue weighted by Gasteiger charge is 2.22. The van der Waals surface area contributed by atoms with Crippen LogP contribution in [-0.4, -0.2) is 63.2 Å². The molecule has 0 spiro atoms. The Kier molecular flexibility index (Phi) is 9.34. The fraction of sp³-hybridized carbons (Fsp3) is 0.448. The molecular formula is C29H40N6O4. The minimum Gasteiger partial charge on any atom is -0.444 e. The van der Waals surface area contributed by atoms with Crippen LogP contribution in [0.25, 0.3) is 17.0 Å². The molecule has 0 bridgehead atoms. The van der Waals surface area contributed by atoms with Crippen molar-refractivity contribution in [1.82, 2.24) is 25.0 Å². The molecule has 3 aromatic rings. The molecule has 0 saturated carbocycles. The van der Waals surface area contributed by atoms with Crippen molar-refractivity contribution in [3.63, 3.8) is 0 Å². The van der Waals surface area contributed by atoms with Gasteiger partial charge in [0.2, 0.25) is 0 Å². The number of benzene rings is 1. The molecule has 0 fully saturated rings. The lowest BCUT2D eigenvalue weighted by atomic mass is 10.1. The van der Waals surface area contributed by atoms with E-state index in [9.17, 15) is 9.59 Å². The molecular weight excluding hydrogens is 496 g/mol. The Morgan fingerprint density at radius 1 is 1.05 bits per heavy atom. The Morgan fingerprint density at radius 3 is 2.33 bits per heavy atom. The summed E-state index contributed by atoms with van der Waals surface area (Å²) in [6.45, 7) is 12.1. The first kappa shape index (κ1) is 29.6. The fourth-order valence-electron chi connectivity index (χ4n) is 3.92. The fourth-order valence-corrected chi connectivity index (χ4v) is 3.92. The van der Waals surface area contributed by atoms with E-state index >= 15 is 0 Å². The highest BCUT2D eigenvalue weighted by molar-refractivity contribution is 5.91. The van der Waals surface area contributed by atoms with Gasteiger partial charge in [-0.25, -0.2) is 14.6 Å². The van der Waals surface area contributed by atoms with E-state index in [0.29, 0.717) is 24.6 Å². The number of fused-ring (bicyclic) bond motifs is 1. The summed E-state index contributed by atoms with van der Waals surface area (Å²) in [4.78, 5) is 31.5. The number of aromatic nitrogens is 3. The lowest BCUT2D eigenvalue weighted by Crippen LogP contribution is -2.39. The van der Waals surface area contributed by atoms with Gasteiger partial charge in [0.15, 0.2) is 0 Å². The largest absolute Gasteiger partial charge is 0.444 e. The highest BCUT2D eigenvalue weighted by Crippen LogP contribution is 2.22. The maximum absolute atomic E-state index is 12.5. The van der Waals surface area contributed by atoms with E-state index in [4.69, 9.17) is 9.47 Å². The zero-order valence-electron chi connectivity index (χ0n) is 24.1. The zero-order chi connectivity index (χ0) is 28.8. The lowest BCUT2D eigenvalue weighted by Gasteiger charge is -2.27. The van der Waals surface area contributed by atoms with Crippen molar-refractivity contribution in [3.8, 4) is 0 Å². The smallest absolute Gasteiger partial charge is 0.413 e. The van der Waals surface area contributed by atoms with E-state index in [1.165, 1.54) is 0 Å². The maximum atomic E-state index is 12.5. The summed E-state index contributed by atoms with van der Waals surface area (Å²) < 4.78 is 12.6. The molecule has 210 valence electrons. The molecule has 2 heterocycles. The Hall–Kier alpha value is -3.92. The Bertz CT molecular complexity index is 1310. The van der Waals surface area contributed by atoms with E-state index in [1.54, 1.807) is 37.7 Å². The first-order chi connectivity index (χ1) is 18.2. The molecule has 2 aromatic heterocycles. The summed E-state index contributed by atoms with van der Waals surface area (Å²) in [5.74, 6) is 0.378. The number of amides is 2. The summed E-state index contributed by atoms with van der Waals surface area (Å²) in [6, 6.07) is 11.3. The number of hydrogen-bond acceptors (Lipinski definition) is 7. The summed E-state index contributed by atoms with van der Waals surface area (Å²) in [5, 5.41) is 10.9. The van der Waals surface area contributed by atoms with Gasteiger partial charge in [-0.15, -0.1) is 0 Å². The molecule has 1 aromatic carbocycles. The van der Waals surface area contributed by atoms with Crippen LogP contribution in [0.4, 0.5) is 15.4 Å². The predicted octanol–water partition coefficient (Wildman–Crippen LogP) is 5.53. The third-order valence-electron chi connectivity index (χ3n) is 5.45. The highest BCUT2D eigenvalue weighted by atomic mass is 16.6. The third kappa shape index (κ3) is 9.40. The first-order valence-electron chi connectivity index (χ1n) is 12.9. The maximum Gasteiger partial charge on any atom is 0.413 e. The van der Waals surface area contributed by atoms with Crippen LogP contribution in [0, 0.1) is 0 Å². The minimum atomic E-state index is -0.619. The average Bonchev–Trinajstić information content (AvgIpc) is 3.17. The monoisotopic (exact) mass is 536 g/mol.